The first-order valence-electron chi connectivity index (χ1n) is 9.92. The maximum absolute atomic E-state index is 12.0. The second-order valence-electron chi connectivity index (χ2n) is 8.64. The van der Waals surface area contributed by atoms with Crippen molar-refractivity contribution in [1.82, 2.24) is 21.3 Å². The fourth-order valence-corrected chi connectivity index (χ4v) is 2.38. The van der Waals surface area contributed by atoms with E-state index in [4.69, 9.17) is 10.5 Å². The van der Waals surface area contributed by atoms with Crippen LogP contribution >= 0.6 is 24.0 Å². The number of nitrogens with one attached hydrogen (secondary N) is 4. The molecular formula is C21H35IN6O4. The van der Waals surface area contributed by atoms with Crippen LogP contribution in [0.3, 0.4) is 0 Å². The van der Waals surface area contributed by atoms with Gasteiger partial charge in [-0.1, -0.05) is 12.1 Å². The van der Waals surface area contributed by atoms with Crippen LogP contribution in [0.15, 0.2) is 29.3 Å². The number of rotatable bonds is 8. The van der Waals surface area contributed by atoms with E-state index < -0.39 is 23.1 Å². The van der Waals surface area contributed by atoms with E-state index in [1.165, 1.54) is 0 Å². The molecule has 1 aromatic carbocycles. The monoisotopic (exact) mass is 562 g/mol. The number of alkyl carbamates (subject to hydrolysis) is 1. The Hall–Kier alpha value is -2.57. The highest BCUT2D eigenvalue weighted by Gasteiger charge is 2.24. The van der Waals surface area contributed by atoms with Crippen molar-refractivity contribution in [3.05, 3.63) is 35.4 Å². The van der Waals surface area contributed by atoms with Gasteiger partial charge in [-0.25, -0.2) is 4.79 Å². The second kappa shape index (κ2) is 13.1. The van der Waals surface area contributed by atoms with Gasteiger partial charge >= 0.3 is 6.09 Å². The van der Waals surface area contributed by atoms with Gasteiger partial charge in [-0.15, -0.1) is 24.0 Å². The van der Waals surface area contributed by atoms with Gasteiger partial charge in [-0.2, -0.15) is 0 Å². The first kappa shape index (κ1) is 29.4. The van der Waals surface area contributed by atoms with Crippen LogP contribution in [-0.2, 0) is 16.1 Å². The summed E-state index contributed by atoms with van der Waals surface area (Å²) in [4.78, 5) is 38.8. The Bertz CT molecular complexity index is 804. The van der Waals surface area contributed by atoms with E-state index in [2.05, 4.69) is 26.3 Å². The molecule has 0 atom stereocenters. The number of ether oxygens (including phenoxy) is 1. The van der Waals surface area contributed by atoms with Crippen LogP contribution in [0.25, 0.3) is 0 Å². The molecule has 32 heavy (non-hydrogen) atoms. The summed E-state index contributed by atoms with van der Waals surface area (Å²) in [7, 11) is 1.65. The lowest BCUT2D eigenvalue weighted by Crippen LogP contribution is -2.54. The number of carbonyl (C=O) groups excluding carboxylic acids is 3. The van der Waals surface area contributed by atoms with E-state index in [0.29, 0.717) is 24.6 Å². The largest absolute Gasteiger partial charge is 0.444 e. The summed E-state index contributed by atoms with van der Waals surface area (Å²) in [6, 6.07) is 6.93. The predicted octanol–water partition coefficient (Wildman–Crippen LogP) is 1.49. The van der Waals surface area contributed by atoms with Gasteiger partial charge in [-0.05, 0) is 52.3 Å². The highest BCUT2D eigenvalue weighted by atomic mass is 127. The van der Waals surface area contributed by atoms with Crippen LogP contribution in [0.1, 0.15) is 50.5 Å². The van der Waals surface area contributed by atoms with Gasteiger partial charge < -0.3 is 31.7 Å². The molecule has 10 nitrogen and oxygen atoms in total. The first-order valence-corrected chi connectivity index (χ1v) is 9.92. The molecule has 6 N–H and O–H groups in total. The van der Waals surface area contributed by atoms with Gasteiger partial charge in [-0.3, -0.25) is 14.6 Å². The van der Waals surface area contributed by atoms with Crippen molar-refractivity contribution in [3.8, 4) is 0 Å². The van der Waals surface area contributed by atoms with Gasteiger partial charge in [0.15, 0.2) is 5.96 Å². The van der Waals surface area contributed by atoms with E-state index in [0.717, 1.165) is 5.56 Å². The molecular weight excluding hydrogens is 527 g/mol. The maximum atomic E-state index is 12.0. The van der Waals surface area contributed by atoms with Crippen molar-refractivity contribution in [2.24, 2.45) is 10.7 Å². The standard InChI is InChI=1S/C21H34N6O4.HI/c1-20(2,3)31-19(30)27-21(4,5)13-26-18(23-6)25-11-14-7-9-15(10-8-14)17(29)24-12-16(22)28;/h7-10H,11-13H2,1-6H3,(H2,22,28)(H,24,29)(H,27,30)(H2,23,25,26);1H. The van der Waals surface area contributed by atoms with Crippen LogP contribution in [0.5, 0.6) is 0 Å². The van der Waals surface area contributed by atoms with Crippen molar-refractivity contribution >= 4 is 47.8 Å². The summed E-state index contributed by atoms with van der Waals surface area (Å²) >= 11 is 0. The molecule has 0 bridgehead atoms. The maximum Gasteiger partial charge on any atom is 0.408 e. The van der Waals surface area contributed by atoms with Gasteiger partial charge in [0.1, 0.15) is 5.60 Å². The summed E-state index contributed by atoms with van der Waals surface area (Å²) in [5, 5.41) is 11.6. The van der Waals surface area contributed by atoms with Crippen LogP contribution in [0.2, 0.25) is 0 Å². The normalized spacial score (nSPS) is 11.6. The van der Waals surface area contributed by atoms with E-state index >= 15 is 0 Å². The zero-order valence-electron chi connectivity index (χ0n) is 19.5. The Morgan fingerprint density at radius 1 is 1.00 bits per heavy atom. The Labute approximate surface area is 206 Å². The van der Waals surface area contributed by atoms with Crippen LogP contribution in [0, 0.1) is 0 Å². The SMILES string of the molecule is CN=C(NCc1ccc(C(=O)NCC(N)=O)cc1)NCC(C)(C)NC(=O)OC(C)(C)C.I. The number of primary amides is 1. The number of aliphatic imine (C=N–C) groups is 1. The number of halogens is 1. The van der Waals surface area contributed by atoms with E-state index in [1.807, 2.05) is 34.6 Å². The van der Waals surface area contributed by atoms with Crippen LogP contribution in [0.4, 0.5) is 4.79 Å². The third-order valence-corrected chi connectivity index (χ3v) is 3.86. The first-order chi connectivity index (χ1) is 14.3. The summed E-state index contributed by atoms with van der Waals surface area (Å²) in [6.45, 7) is 9.87. The van der Waals surface area contributed by atoms with Gasteiger partial charge in [0.25, 0.3) is 5.91 Å². The molecule has 0 heterocycles. The molecule has 0 aliphatic rings. The fraction of sp³-hybridized carbons (Fsp3) is 0.524. The van der Waals surface area contributed by atoms with Gasteiger partial charge in [0.05, 0.1) is 12.1 Å². The molecule has 1 aromatic rings. The number of hydrogen-bond acceptors (Lipinski definition) is 5. The summed E-state index contributed by atoms with van der Waals surface area (Å²) in [5.41, 5.74) is 5.25. The number of amides is 3. The highest BCUT2D eigenvalue weighted by Crippen LogP contribution is 2.09. The average molecular weight is 562 g/mol. The molecule has 0 unspecified atom stereocenters. The topological polar surface area (TPSA) is 147 Å². The molecule has 0 aliphatic heterocycles. The Morgan fingerprint density at radius 2 is 1.59 bits per heavy atom. The number of nitrogens with two attached hydrogens (primary N) is 1. The van der Waals surface area contributed by atoms with Crippen molar-refractivity contribution in [3.63, 3.8) is 0 Å². The average Bonchev–Trinajstić information content (AvgIpc) is 2.64. The molecule has 0 spiro atoms. The van der Waals surface area contributed by atoms with E-state index in [1.54, 1.807) is 31.3 Å². The zero-order chi connectivity index (χ0) is 23.7. The molecule has 11 heteroatoms. The number of hydrogen-bond donors (Lipinski definition) is 5. The molecule has 0 fully saturated rings. The molecule has 1 rings (SSSR count). The molecule has 0 saturated carbocycles. The van der Waals surface area contributed by atoms with Crippen molar-refractivity contribution in [2.45, 2.75) is 52.3 Å². The molecule has 3 amide bonds. The number of nitrogens with zero attached hydrogens (tertiary/aromatic N) is 1. The van der Waals surface area contributed by atoms with Crippen LogP contribution in [-0.4, -0.2) is 55.1 Å². The minimum atomic E-state index is -0.600. The number of benzene rings is 1. The molecule has 180 valence electrons. The highest BCUT2D eigenvalue weighted by molar-refractivity contribution is 14.0. The van der Waals surface area contributed by atoms with Gasteiger partial charge in [0, 0.05) is 25.7 Å². The molecule has 0 aliphatic carbocycles. The summed E-state index contributed by atoms with van der Waals surface area (Å²) in [5.74, 6) is -0.407. The van der Waals surface area contributed by atoms with E-state index in [-0.39, 0.29) is 36.4 Å². The summed E-state index contributed by atoms with van der Waals surface area (Å²) < 4.78 is 5.29. The second-order valence-corrected chi connectivity index (χ2v) is 8.64. The van der Waals surface area contributed by atoms with Crippen molar-refractivity contribution in [2.75, 3.05) is 20.1 Å². The third kappa shape index (κ3) is 12.3. The Balaban J connectivity index is 0.00000961. The molecule has 0 aromatic heterocycles. The molecule has 0 saturated heterocycles. The lowest BCUT2D eigenvalue weighted by atomic mass is 10.1. The smallest absolute Gasteiger partial charge is 0.408 e. The van der Waals surface area contributed by atoms with Gasteiger partial charge in [0.2, 0.25) is 5.91 Å². The summed E-state index contributed by atoms with van der Waals surface area (Å²) in [6.07, 6.45) is -0.484. The third-order valence-electron chi connectivity index (χ3n) is 3.86. The minimum absolute atomic E-state index is 0. The molecule has 0 radical (unpaired) electrons. The Morgan fingerprint density at radius 3 is 2.09 bits per heavy atom. The van der Waals surface area contributed by atoms with Crippen molar-refractivity contribution < 1.29 is 19.1 Å². The Kier molecular flexibility index (Phi) is 12.0. The lowest BCUT2D eigenvalue weighted by Gasteiger charge is -2.29. The predicted molar refractivity (Wildman–Crippen MR) is 135 cm³/mol. The number of carbonyl (C=O) groups is 3. The quantitative estimate of drug-likeness (QED) is 0.184. The van der Waals surface area contributed by atoms with E-state index in [9.17, 15) is 14.4 Å². The van der Waals surface area contributed by atoms with Crippen LogP contribution < -0.4 is 27.0 Å². The fourth-order valence-electron chi connectivity index (χ4n) is 2.38. The minimum Gasteiger partial charge on any atom is -0.444 e. The zero-order valence-corrected chi connectivity index (χ0v) is 21.8. The van der Waals surface area contributed by atoms with Crippen molar-refractivity contribution in [1.29, 1.82) is 0 Å². The number of guanidine groups is 1. The lowest BCUT2D eigenvalue weighted by molar-refractivity contribution is -0.117.